The number of alkyl halides is 2. The van der Waals surface area contributed by atoms with E-state index in [1.165, 1.54) is 0 Å². The molecule has 2 rings (SSSR count). The van der Waals surface area contributed by atoms with Crippen molar-refractivity contribution in [2.24, 2.45) is 11.8 Å². The third kappa shape index (κ3) is 3.87. The second-order valence-electron chi connectivity index (χ2n) is 5.41. The van der Waals surface area contributed by atoms with Gasteiger partial charge in [0, 0.05) is 19.3 Å². The highest BCUT2D eigenvalue weighted by molar-refractivity contribution is 5.80. The summed E-state index contributed by atoms with van der Waals surface area (Å²) in [6.07, 6.45) is 1.68. The number of aromatic nitrogens is 1. The first-order valence-corrected chi connectivity index (χ1v) is 6.85. The van der Waals surface area contributed by atoms with Gasteiger partial charge in [0.25, 0.3) is 5.92 Å². The number of nitrogens with zero attached hydrogens (tertiary/aromatic N) is 2. The lowest BCUT2D eigenvalue weighted by Crippen LogP contribution is -2.43. The molecule has 2 atom stereocenters. The fourth-order valence-corrected chi connectivity index (χ4v) is 2.44. The van der Waals surface area contributed by atoms with Gasteiger partial charge < -0.3 is 15.3 Å². The Hall–Kier alpha value is -1.76. The van der Waals surface area contributed by atoms with Crippen molar-refractivity contribution in [2.75, 3.05) is 31.1 Å². The van der Waals surface area contributed by atoms with Crippen LogP contribution in [0.15, 0.2) is 24.4 Å². The Kier molecular flexibility index (Phi) is 4.72. The first kappa shape index (κ1) is 15.6. The SMILES string of the molecule is C[C@@H]1CN(c2ccccn2)C[C@H]1C(=O)NCC(F)(F)CO. The number of pyridine rings is 1. The molecule has 1 aromatic heterocycles. The highest BCUT2D eigenvalue weighted by atomic mass is 19.3. The fourth-order valence-electron chi connectivity index (χ4n) is 2.44. The average Bonchev–Trinajstić information content (AvgIpc) is 2.88. The molecule has 1 fully saturated rings. The number of carbonyl (C=O) groups is 1. The molecule has 21 heavy (non-hydrogen) atoms. The molecule has 0 aliphatic carbocycles. The predicted octanol–water partition coefficient (Wildman–Crippen LogP) is 0.898. The van der Waals surface area contributed by atoms with Gasteiger partial charge in [0.2, 0.25) is 5.91 Å². The number of aliphatic hydroxyl groups is 1. The number of hydrogen-bond acceptors (Lipinski definition) is 4. The molecular weight excluding hydrogens is 280 g/mol. The molecular formula is C14H19F2N3O2. The zero-order valence-electron chi connectivity index (χ0n) is 11.8. The van der Waals surface area contributed by atoms with Crippen molar-refractivity contribution in [3.05, 3.63) is 24.4 Å². The number of halogens is 2. The van der Waals surface area contributed by atoms with E-state index >= 15 is 0 Å². The van der Waals surface area contributed by atoms with Gasteiger partial charge in [-0.15, -0.1) is 0 Å². The lowest BCUT2D eigenvalue weighted by Gasteiger charge is -2.18. The van der Waals surface area contributed by atoms with Gasteiger partial charge in [-0.2, -0.15) is 0 Å². The molecule has 1 saturated heterocycles. The molecule has 116 valence electrons. The monoisotopic (exact) mass is 299 g/mol. The molecule has 1 aliphatic heterocycles. The number of aliphatic hydroxyl groups excluding tert-OH is 1. The number of rotatable bonds is 5. The minimum atomic E-state index is -3.28. The van der Waals surface area contributed by atoms with Crippen LogP contribution < -0.4 is 10.2 Å². The van der Waals surface area contributed by atoms with Crippen LogP contribution in [0.2, 0.25) is 0 Å². The molecule has 5 nitrogen and oxygen atoms in total. The van der Waals surface area contributed by atoms with Crippen molar-refractivity contribution in [1.29, 1.82) is 0 Å². The Morgan fingerprint density at radius 1 is 1.52 bits per heavy atom. The third-order valence-corrected chi connectivity index (χ3v) is 3.67. The molecule has 1 aliphatic rings. The quantitative estimate of drug-likeness (QED) is 0.848. The van der Waals surface area contributed by atoms with Crippen LogP contribution >= 0.6 is 0 Å². The molecule has 0 bridgehead atoms. The molecule has 1 aromatic rings. The van der Waals surface area contributed by atoms with Gasteiger partial charge in [0.1, 0.15) is 12.4 Å². The van der Waals surface area contributed by atoms with E-state index in [9.17, 15) is 13.6 Å². The van der Waals surface area contributed by atoms with Crippen LogP contribution in [0.5, 0.6) is 0 Å². The highest BCUT2D eigenvalue weighted by Crippen LogP contribution is 2.27. The maximum Gasteiger partial charge on any atom is 0.287 e. The van der Waals surface area contributed by atoms with Crippen molar-refractivity contribution >= 4 is 11.7 Å². The van der Waals surface area contributed by atoms with Crippen LogP contribution in [0.3, 0.4) is 0 Å². The number of nitrogens with one attached hydrogen (secondary N) is 1. The van der Waals surface area contributed by atoms with Crippen molar-refractivity contribution in [1.82, 2.24) is 10.3 Å². The largest absolute Gasteiger partial charge is 0.390 e. The van der Waals surface area contributed by atoms with Crippen molar-refractivity contribution in [2.45, 2.75) is 12.8 Å². The normalized spacial score (nSPS) is 22.4. The van der Waals surface area contributed by atoms with Crippen molar-refractivity contribution in [3.8, 4) is 0 Å². The van der Waals surface area contributed by atoms with Gasteiger partial charge in [0.05, 0.1) is 12.5 Å². The van der Waals surface area contributed by atoms with E-state index in [-0.39, 0.29) is 11.8 Å². The molecule has 0 saturated carbocycles. The molecule has 2 heterocycles. The standard InChI is InChI=1S/C14H19F2N3O2/c1-10-6-19(12-4-2-3-5-17-12)7-11(10)13(21)18-8-14(15,16)9-20/h2-5,10-11,20H,6-9H2,1H3,(H,18,21)/t10-,11-/m1/s1. The Bertz CT molecular complexity index is 484. The second kappa shape index (κ2) is 6.34. The Labute approximate surface area is 122 Å². The first-order chi connectivity index (χ1) is 9.93. The summed E-state index contributed by atoms with van der Waals surface area (Å²) in [7, 11) is 0. The lowest BCUT2D eigenvalue weighted by molar-refractivity contribution is -0.128. The zero-order chi connectivity index (χ0) is 15.5. The minimum Gasteiger partial charge on any atom is -0.390 e. The Balaban J connectivity index is 1.94. The van der Waals surface area contributed by atoms with Gasteiger partial charge in [-0.1, -0.05) is 13.0 Å². The number of hydrogen-bond donors (Lipinski definition) is 2. The summed E-state index contributed by atoms with van der Waals surface area (Å²) in [5, 5.41) is 10.7. The molecule has 0 aromatic carbocycles. The van der Waals surface area contributed by atoms with Crippen LogP contribution in [0, 0.1) is 11.8 Å². The summed E-state index contributed by atoms with van der Waals surface area (Å²) in [4.78, 5) is 18.2. The first-order valence-electron chi connectivity index (χ1n) is 6.85. The molecule has 7 heteroatoms. The van der Waals surface area contributed by atoms with E-state index < -0.39 is 25.0 Å². The Morgan fingerprint density at radius 3 is 2.90 bits per heavy atom. The predicted molar refractivity (Wildman–Crippen MR) is 74.1 cm³/mol. The van der Waals surface area contributed by atoms with Crippen LogP contribution in [0.4, 0.5) is 14.6 Å². The zero-order valence-corrected chi connectivity index (χ0v) is 11.8. The van der Waals surface area contributed by atoms with E-state index in [2.05, 4.69) is 10.3 Å². The van der Waals surface area contributed by atoms with Crippen LogP contribution in [-0.2, 0) is 4.79 Å². The number of amides is 1. The van der Waals surface area contributed by atoms with Gasteiger partial charge in [-0.05, 0) is 18.1 Å². The van der Waals surface area contributed by atoms with E-state index in [4.69, 9.17) is 5.11 Å². The van der Waals surface area contributed by atoms with Gasteiger partial charge >= 0.3 is 0 Å². The molecule has 0 spiro atoms. The molecule has 1 amide bonds. The van der Waals surface area contributed by atoms with E-state index in [0.29, 0.717) is 13.1 Å². The molecule has 2 N–H and O–H groups in total. The van der Waals surface area contributed by atoms with E-state index in [0.717, 1.165) is 5.82 Å². The summed E-state index contributed by atoms with van der Waals surface area (Å²) in [5.74, 6) is -3.22. The van der Waals surface area contributed by atoms with E-state index in [1.54, 1.807) is 6.20 Å². The van der Waals surface area contributed by atoms with E-state index in [1.807, 2.05) is 30.0 Å². The van der Waals surface area contributed by atoms with Crippen LogP contribution in [-0.4, -0.2) is 48.2 Å². The van der Waals surface area contributed by atoms with Gasteiger partial charge in [-0.25, -0.2) is 13.8 Å². The third-order valence-electron chi connectivity index (χ3n) is 3.67. The minimum absolute atomic E-state index is 0.0507. The summed E-state index contributed by atoms with van der Waals surface area (Å²) < 4.78 is 25.9. The summed E-state index contributed by atoms with van der Waals surface area (Å²) in [6, 6.07) is 5.53. The summed E-state index contributed by atoms with van der Waals surface area (Å²) >= 11 is 0. The lowest BCUT2D eigenvalue weighted by atomic mass is 9.97. The van der Waals surface area contributed by atoms with Crippen molar-refractivity contribution in [3.63, 3.8) is 0 Å². The fraction of sp³-hybridized carbons (Fsp3) is 0.571. The van der Waals surface area contributed by atoms with Gasteiger partial charge in [-0.3, -0.25) is 4.79 Å². The molecule has 0 radical (unpaired) electrons. The Morgan fingerprint density at radius 2 is 2.29 bits per heavy atom. The van der Waals surface area contributed by atoms with Crippen LogP contribution in [0.1, 0.15) is 6.92 Å². The summed E-state index contributed by atoms with van der Waals surface area (Å²) in [6.45, 7) is 0.917. The number of carbonyl (C=O) groups excluding carboxylic acids is 1. The maximum atomic E-state index is 13.0. The highest BCUT2D eigenvalue weighted by Gasteiger charge is 2.37. The smallest absolute Gasteiger partial charge is 0.287 e. The van der Waals surface area contributed by atoms with Crippen molar-refractivity contribution < 1.29 is 18.7 Å². The second-order valence-corrected chi connectivity index (χ2v) is 5.41. The summed E-state index contributed by atoms with van der Waals surface area (Å²) in [5.41, 5.74) is 0. The maximum absolute atomic E-state index is 13.0. The average molecular weight is 299 g/mol. The topological polar surface area (TPSA) is 65.5 Å². The van der Waals surface area contributed by atoms with Gasteiger partial charge in [0.15, 0.2) is 0 Å². The number of anilines is 1. The molecule has 0 unspecified atom stereocenters. The van der Waals surface area contributed by atoms with Crippen LogP contribution in [0.25, 0.3) is 0 Å².